The highest BCUT2D eigenvalue weighted by Gasteiger charge is 2.50. The molecular formula is C7H10N2O4S. The molecule has 2 saturated heterocycles. The molecule has 0 saturated carbocycles. The van der Waals surface area contributed by atoms with Crippen LogP contribution in [0.15, 0.2) is 0 Å². The molecule has 0 bridgehead atoms. The predicted octanol–water partition coefficient (Wildman–Crippen LogP) is -1.23. The Labute approximate surface area is 81.0 Å². The molecule has 0 aromatic carbocycles. The summed E-state index contributed by atoms with van der Waals surface area (Å²) >= 11 is 0. The lowest BCUT2D eigenvalue weighted by Gasteiger charge is -2.29. The molecule has 7 heteroatoms. The summed E-state index contributed by atoms with van der Waals surface area (Å²) in [6.07, 6.45) is 0.805. The largest absolute Gasteiger partial charge is 0.322 e. The zero-order chi connectivity index (χ0) is 10.4. The van der Waals surface area contributed by atoms with Crippen molar-refractivity contribution in [2.75, 3.05) is 11.5 Å². The molecule has 0 radical (unpaired) electrons. The first kappa shape index (κ1) is 9.45. The number of imide groups is 1. The zero-order valence-corrected chi connectivity index (χ0v) is 8.19. The normalized spacial score (nSPS) is 35.4. The summed E-state index contributed by atoms with van der Waals surface area (Å²) in [5, 5.41) is 4.46. The summed E-state index contributed by atoms with van der Waals surface area (Å²) in [4.78, 5) is 22.3. The highest BCUT2D eigenvalue weighted by Crippen LogP contribution is 2.25. The first-order valence-corrected chi connectivity index (χ1v) is 6.10. The third-order valence-electron chi connectivity index (χ3n) is 2.54. The molecule has 3 amide bonds. The number of sulfone groups is 1. The van der Waals surface area contributed by atoms with Crippen LogP contribution in [0.2, 0.25) is 0 Å². The topological polar surface area (TPSA) is 92.3 Å². The monoisotopic (exact) mass is 218 g/mol. The third-order valence-corrected chi connectivity index (χ3v) is 4.38. The van der Waals surface area contributed by atoms with Gasteiger partial charge >= 0.3 is 6.03 Å². The van der Waals surface area contributed by atoms with Gasteiger partial charge in [-0.25, -0.2) is 13.2 Å². The summed E-state index contributed by atoms with van der Waals surface area (Å²) in [7, 11) is -3.21. The Morgan fingerprint density at radius 1 is 1.29 bits per heavy atom. The van der Waals surface area contributed by atoms with Crippen LogP contribution >= 0.6 is 0 Å². The van der Waals surface area contributed by atoms with Crippen molar-refractivity contribution in [3.05, 3.63) is 0 Å². The summed E-state index contributed by atoms with van der Waals surface area (Å²) < 4.78 is 22.7. The molecule has 0 aliphatic carbocycles. The highest BCUT2D eigenvalue weighted by atomic mass is 32.2. The number of amides is 3. The van der Waals surface area contributed by atoms with Crippen LogP contribution in [-0.4, -0.2) is 37.4 Å². The van der Waals surface area contributed by atoms with E-state index in [0.717, 1.165) is 0 Å². The zero-order valence-electron chi connectivity index (χ0n) is 7.37. The van der Waals surface area contributed by atoms with Gasteiger partial charge in [-0.15, -0.1) is 0 Å². The molecule has 1 unspecified atom stereocenters. The number of carbonyl (C=O) groups excluding carboxylic acids is 2. The lowest BCUT2D eigenvalue weighted by atomic mass is 9.96. The number of nitrogens with one attached hydrogen (secondary N) is 2. The minimum atomic E-state index is -3.21. The molecule has 2 aliphatic heterocycles. The van der Waals surface area contributed by atoms with Crippen LogP contribution in [0.25, 0.3) is 0 Å². The Balaban J connectivity index is 2.33. The van der Waals surface area contributed by atoms with Crippen LogP contribution < -0.4 is 10.6 Å². The van der Waals surface area contributed by atoms with E-state index in [9.17, 15) is 18.0 Å². The maximum atomic E-state index is 11.4. The number of carbonyl (C=O) groups is 2. The van der Waals surface area contributed by atoms with Gasteiger partial charge in [-0.1, -0.05) is 0 Å². The molecule has 2 aliphatic rings. The van der Waals surface area contributed by atoms with Gasteiger partial charge in [-0.2, -0.15) is 0 Å². The van der Waals surface area contributed by atoms with Gasteiger partial charge in [0.2, 0.25) is 0 Å². The van der Waals surface area contributed by atoms with Crippen molar-refractivity contribution in [2.45, 2.75) is 18.4 Å². The molecule has 1 spiro atoms. The van der Waals surface area contributed by atoms with Gasteiger partial charge in [-0.05, 0) is 12.8 Å². The van der Waals surface area contributed by atoms with Gasteiger partial charge in [0.1, 0.15) is 5.54 Å². The smallest absolute Gasteiger partial charge is 0.322 e. The molecule has 0 aromatic rings. The summed E-state index contributed by atoms with van der Waals surface area (Å²) in [5.74, 6) is -0.707. The van der Waals surface area contributed by atoms with Gasteiger partial charge in [0.15, 0.2) is 9.84 Å². The standard InChI is InChI=1S/C7H10N2O4S/c10-5-7(9-6(11)8-5)2-1-3-14(12,13)4-7/h1-4H2,(H2,8,9,10,11). The van der Waals surface area contributed by atoms with E-state index in [-0.39, 0.29) is 11.5 Å². The quantitative estimate of drug-likeness (QED) is 0.498. The minimum absolute atomic E-state index is 0.0951. The molecule has 1 atom stereocenters. The highest BCUT2D eigenvalue weighted by molar-refractivity contribution is 7.91. The third kappa shape index (κ3) is 1.37. The fraction of sp³-hybridized carbons (Fsp3) is 0.714. The molecule has 0 aromatic heterocycles. The van der Waals surface area contributed by atoms with Crippen molar-refractivity contribution in [3.63, 3.8) is 0 Å². The summed E-state index contributed by atoms with van der Waals surface area (Å²) in [6, 6.07) is -0.605. The fourth-order valence-corrected chi connectivity index (χ4v) is 3.75. The van der Waals surface area contributed by atoms with Crippen molar-refractivity contribution in [2.24, 2.45) is 0 Å². The Morgan fingerprint density at radius 2 is 2.00 bits per heavy atom. The number of rotatable bonds is 0. The Morgan fingerprint density at radius 3 is 2.50 bits per heavy atom. The minimum Gasteiger partial charge on any atom is -0.322 e. The van der Waals surface area contributed by atoms with Gasteiger partial charge in [0.25, 0.3) is 5.91 Å². The molecule has 78 valence electrons. The van der Waals surface area contributed by atoms with E-state index in [4.69, 9.17) is 0 Å². The predicted molar refractivity (Wildman–Crippen MR) is 47.3 cm³/mol. The Bertz CT molecular complexity index is 402. The molecule has 2 heterocycles. The average Bonchev–Trinajstić information content (AvgIpc) is 2.24. The van der Waals surface area contributed by atoms with Crippen molar-refractivity contribution >= 4 is 21.8 Å². The molecule has 6 nitrogen and oxygen atoms in total. The number of urea groups is 1. The van der Waals surface area contributed by atoms with Gasteiger partial charge in [-0.3, -0.25) is 10.1 Å². The van der Waals surface area contributed by atoms with Crippen LogP contribution in [0.5, 0.6) is 0 Å². The van der Waals surface area contributed by atoms with E-state index >= 15 is 0 Å². The maximum absolute atomic E-state index is 11.4. The van der Waals surface area contributed by atoms with E-state index in [1.807, 2.05) is 0 Å². The number of hydrogen-bond donors (Lipinski definition) is 2. The van der Waals surface area contributed by atoms with Crippen molar-refractivity contribution in [3.8, 4) is 0 Å². The van der Waals surface area contributed by atoms with E-state index in [0.29, 0.717) is 12.8 Å². The molecule has 2 fully saturated rings. The van der Waals surface area contributed by atoms with Gasteiger partial charge in [0, 0.05) is 0 Å². The first-order chi connectivity index (χ1) is 6.44. The van der Waals surface area contributed by atoms with Crippen molar-refractivity contribution in [1.29, 1.82) is 0 Å². The lowest BCUT2D eigenvalue weighted by Crippen LogP contribution is -2.55. The first-order valence-electron chi connectivity index (χ1n) is 4.28. The second-order valence-electron chi connectivity index (χ2n) is 3.69. The van der Waals surface area contributed by atoms with Crippen molar-refractivity contribution in [1.82, 2.24) is 10.6 Å². The molecule has 2 rings (SSSR count). The maximum Gasteiger partial charge on any atom is 0.322 e. The Kier molecular flexibility index (Phi) is 1.82. The summed E-state index contributed by atoms with van der Waals surface area (Å²) in [6.45, 7) is 0. The average molecular weight is 218 g/mol. The lowest BCUT2D eigenvalue weighted by molar-refractivity contribution is -0.123. The number of hydrogen-bond acceptors (Lipinski definition) is 4. The van der Waals surface area contributed by atoms with Crippen LogP contribution in [0.4, 0.5) is 4.79 Å². The van der Waals surface area contributed by atoms with E-state index < -0.39 is 27.3 Å². The molecule has 14 heavy (non-hydrogen) atoms. The van der Waals surface area contributed by atoms with Crippen LogP contribution in [-0.2, 0) is 14.6 Å². The summed E-state index contributed by atoms with van der Waals surface area (Å²) in [5.41, 5.74) is -1.20. The van der Waals surface area contributed by atoms with Crippen molar-refractivity contribution < 1.29 is 18.0 Å². The second kappa shape index (κ2) is 2.69. The van der Waals surface area contributed by atoms with Crippen LogP contribution in [0.3, 0.4) is 0 Å². The Hall–Kier alpha value is -1.11. The van der Waals surface area contributed by atoms with Crippen LogP contribution in [0, 0.1) is 0 Å². The van der Waals surface area contributed by atoms with E-state index in [2.05, 4.69) is 10.6 Å². The van der Waals surface area contributed by atoms with E-state index in [1.165, 1.54) is 0 Å². The van der Waals surface area contributed by atoms with E-state index in [1.54, 1.807) is 0 Å². The molecule has 2 N–H and O–H groups in total. The van der Waals surface area contributed by atoms with Crippen LogP contribution in [0.1, 0.15) is 12.8 Å². The molecular weight excluding hydrogens is 208 g/mol. The van der Waals surface area contributed by atoms with Gasteiger partial charge < -0.3 is 5.32 Å². The second-order valence-corrected chi connectivity index (χ2v) is 5.87. The van der Waals surface area contributed by atoms with Gasteiger partial charge in [0.05, 0.1) is 11.5 Å². The SMILES string of the molecule is O=C1NC(=O)C2(CCCS(=O)(=O)C2)N1. The fourth-order valence-electron chi connectivity index (χ4n) is 1.92.